The van der Waals surface area contributed by atoms with E-state index in [1.54, 1.807) is 14.2 Å². The Hall–Kier alpha value is -1.34. The Balaban J connectivity index is 1.52. The van der Waals surface area contributed by atoms with Gasteiger partial charge in [-0.1, -0.05) is 18.9 Å². The molecule has 0 radical (unpaired) electrons. The number of hydrogen-bond donors (Lipinski definition) is 2. The summed E-state index contributed by atoms with van der Waals surface area (Å²) < 4.78 is 17.0. The predicted octanol–water partition coefficient (Wildman–Crippen LogP) is 2.63. The van der Waals surface area contributed by atoms with Gasteiger partial charge in [0, 0.05) is 25.2 Å². The highest BCUT2D eigenvalue weighted by Gasteiger charge is 2.34. The van der Waals surface area contributed by atoms with Crippen molar-refractivity contribution in [1.29, 1.82) is 0 Å². The number of nitrogens with zero attached hydrogens (tertiary/aromatic N) is 1. The fourth-order valence-electron chi connectivity index (χ4n) is 4.25. The van der Waals surface area contributed by atoms with Crippen molar-refractivity contribution < 1.29 is 19.4 Å². The van der Waals surface area contributed by atoms with Crippen LogP contribution < -0.4 is 15.0 Å². The third-order valence-corrected chi connectivity index (χ3v) is 5.71. The Bertz CT molecular complexity index is 569. The molecule has 26 heavy (non-hydrogen) atoms. The summed E-state index contributed by atoms with van der Waals surface area (Å²) in [6.45, 7) is 2.67. The molecule has 6 heteroatoms. The number of methoxy groups -OCH3 is 2. The van der Waals surface area contributed by atoms with E-state index < -0.39 is 0 Å². The first-order valence-electron chi connectivity index (χ1n) is 9.71. The molecule has 1 aliphatic heterocycles. The van der Waals surface area contributed by atoms with E-state index in [1.165, 1.54) is 24.8 Å². The maximum atomic E-state index is 9.17. The molecular weight excluding hydrogens is 332 g/mol. The van der Waals surface area contributed by atoms with Gasteiger partial charge in [-0.05, 0) is 43.4 Å². The number of ether oxygens (including phenoxy) is 3. The zero-order valence-electron chi connectivity index (χ0n) is 15.9. The summed E-state index contributed by atoms with van der Waals surface area (Å²) in [5.41, 5.74) is 3.62. The summed E-state index contributed by atoms with van der Waals surface area (Å²) in [5, 5.41) is 9.17. The second kappa shape index (κ2) is 9.55. The molecule has 0 bridgehead atoms. The van der Waals surface area contributed by atoms with E-state index in [1.807, 2.05) is 12.1 Å². The monoisotopic (exact) mass is 364 g/mol. The summed E-state index contributed by atoms with van der Waals surface area (Å²) >= 11 is 0. The van der Waals surface area contributed by atoms with Crippen molar-refractivity contribution in [3.8, 4) is 11.5 Å². The molecule has 1 heterocycles. The number of rotatable bonds is 8. The van der Waals surface area contributed by atoms with Crippen LogP contribution in [0.25, 0.3) is 0 Å². The number of hydroxylamine groups is 1. The van der Waals surface area contributed by atoms with E-state index in [-0.39, 0.29) is 6.04 Å². The number of hydrogen-bond acceptors (Lipinski definition) is 6. The van der Waals surface area contributed by atoms with Gasteiger partial charge < -0.3 is 19.4 Å². The molecule has 0 amide bonds. The summed E-state index contributed by atoms with van der Waals surface area (Å²) in [7, 11) is 3.31. The molecule has 0 unspecified atom stereocenters. The van der Waals surface area contributed by atoms with E-state index in [2.05, 4.69) is 16.4 Å². The number of likely N-dealkylation sites (tertiary alicyclic amines) is 1. The lowest BCUT2D eigenvalue weighted by Gasteiger charge is -2.38. The zero-order valence-corrected chi connectivity index (χ0v) is 15.9. The minimum Gasteiger partial charge on any atom is -0.493 e. The molecule has 1 saturated carbocycles. The van der Waals surface area contributed by atoms with E-state index in [0.717, 1.165) is 43.9 Å². The summed E-state index contributed by atoms with van der Waals surface area (Å²) in [6, 6.07) is 6.72. The molecule has 2 fully saturated rings. The first kappa shape index (κ1) is 19.4. The first-order chi connectivity index (χ1) is 12.7. The molecule has 1 aliphatic carbocycles. The van der Waals surface area contributed by atoms with Gasteiger partial charge in [0.25, 0.3) is 0 Å². The van der Waals surface area contributed by atoms with Gasteiger partial charge in [-0.3, -0.25) is 4.90 Å². The van der Waals surface area contributed by atoms with Crippen molar-refractivity contribution in [1.82, 2.24) is 10.4 Å². The molecule has 3 atom stereocenters. The SMILES string of the molecule is COc1ccc(CCO[C@H]2CCCC[C@@H]2N2CC[C@@H](NO)C2)cc1OC. The van der Waals surface area contributed by atoms with Crippen LogP contribution >= 0.6 is 0 Å². The van der Waals surface area contributed by atoms with Crippen molar-refractivity contribution in [2.75, 3.05) is 33.9 Å². The van der Waals surface area contributed by atoms with E-state index in [0.29, 0.717) is 18.8 Å². The van der Waals surface area contributed by atoms with Crippen molar-refractivity contribution in [2.24, 2.45) is 0 Å². The Kier molecular flexibility index (Phi) is 7.14. The molecule has 2 N–H and O–H groups in total. The Morgan fingerprint density at radius 3 is 2.65 bits per heavy atom. The Labute approximate surface area is 156 Å². The van der Waals surface area contributed by atoms with Crippen LogP contribution in [-0.2, 0) is 11.2 Å². The van der Waals surface area contributed by atoms with Crippen LogP contribution in [0.1, 0.15) is 37.7 Å². The molecule has 1 saturated heterocycles. The average Bonchev–Trinajstić information content (AvgIpc) is 3.17. The van der Waals surface area contributed by atoms with E-state index >= 15 is 0 Å². The van der Waals surface area contributed by atoms with Crippen LogP contribution in [0.3, 0.4) is 0 Å². The second-order valence-electron chi connectivity index (χ2n) is 7.31. The summed E-state index contributed by atoms with van der Waals surface area (Å²) in [5.74, 6) is 1.52. The van der Waals surface area contributed by atoms with Crippen molar-refractivity contribution >= 4 is 0 Å². The van der Waals surface area contributed by atoms with Gasteiger partial charge in [-0.15, -0.1) is 0 Å². The highest BCUT2D eigenvalue weighted by Crippen LogP contribution is 2.30. The lowest BCUT2D eigenvalue weighted by Crippen LogP contribution is -2.46. The quantitative estimate of drug-likeness (QED) is 0.692. The maximum Gasteiger partial charge on any atom is 0.160 e. The normalized spacial score (nSPS) is 26.8. The minimum absolute atomic E-state index is 0.198. The van der Waals surface area contributed by atoms with Crippen LogP contribution in [0, 0.1) is 0 Å². The molecule has 0 aromatic heterocycles. The fraction of sp³-hybridized carbons (Fsp3) is 0.700. The Morgan fingerprint density at radius 2 is 1.92 bits per heavy atom. The van der Waals surface area contributed by atoms with E-state index in [9.17, 15) is 0 Å². The summed E-state index contributed by atoms with van der Waals surface area (Å²) in [4.78, 5) is 2.49. The van der Waals surface area contributed by atoms with Gasteiger partial charge in [0.05, 0.1) is 26.9 Å². The molecular formula is C20H32N2O4. The van der Waals surface area contributed by atoms with Crippen molar-refractivity contribution in [3.63, 3.8) is 0 Å². The van der Waals surface area contributed by atoms with Gasteiger partial charge in [0.15, 0.2) is 11.5 Å². The van der Waals surface area contributed by atoms with Crippen LogP contribution in [-0.4, -0.2) is 62.2 Å². The topological polar surface area (TPSA) is 63.2 Å². The van der Waals surface area contributed by atoms with Crippen LogP contribution in [0.4, 0.5) is 0 Å². The highest BCUT2D eigenvalue weighted by molar-refractivity contribution is 5.42. The van der Waals surface area contributed by atoms with E-state index in [4.69, 9.17) is 19.4 Å². The molecule has 0 spiro atoms. The van der Waals surface area contributed by atoms with Crippen LogP contribution in [0.15, 0.2) is 18.2 Å². The molecule has 6 nitrogen and oxygen atoms in total. The van der Waals surface area contributed by atoms with Gasteiger partial charge in [-0.2, -0.15) is 0 Å². The largest absolute Gasteiger partial charge is 0.493 e. The Morgan fingerprint density at radius 1 is 1.12 bits per heavy atom. The average molecular weight is 364 g/mol. The molecule has 146 valence electrons. The molecule has 1 aromatic carbocycles. The first-order valence-corrected chi connectivity index (χ1v) is 9.71. The van der Waals surface area contributed by atoms with Crippen molar-refractivity contribution in [3.05, 3.63) is 23.8 Å². The summed E-state index contributed by atoms with van der Waals surface area (Å²) in [6.07, 6.45) is 7.00. The van der Waals surface area contributed by atoms with Gasteiger partial charge in [-0.25, -0.2) is 5.48 Å². The standard InChI is InChI=1S/C20H32N2O4/c1-24-19-8-7-15(13-20(19)25-2)10-12-26-18-6-4-3-5-17(18)22-11-9-16(14-22)21-23/h7-8,13,16-18,21,23H,3-6,9-12,14H2,1-2H3/t16-,17+,18+/m1/s1. The molecule has 2 aliphatic rings. The smallest absolute Gasteiger partial charge is 0.160 e. The van der Waals surface area contributed by atoms with Crippen LogP contribution in [0.5, 0.6) is 11.5 Å². The maximum absolute atomic E-state index is 9.17. The van der Waals surface area contributed by atoms with Gasteiger partial charge >= 0.3 is 0 Å². The second-order valence-corrected chi connectivity index (χ2v) is 7.31. The molecule has 1 aromatic rings. The number of nitrogens with one attached hydrogen (secondary N) is 1. The predicted molar refractivity (Wildman–Crippen MR) is 100 cm³/mol. The zero-order chi connectivity index (χ0) is 18.4. The number of benzene rings is 1. The van der Waals surface area contributed by atoms with Crippen molar-refractivity contribution in [2.45, 2.75) is 56.7 Å². The van der Waals surface area contributed by atoms with Gasteiger partial charge in [0.1, 0.15) is 0 Å². The lowest BCUT2D eigenvalue weighted by atomic mass is 9.91. The third kappa shape index (κ3) is 4.68. The lowest BCUT2D eigenvalue weighted by molar-refractivity contribution is -0.0306. The van der Waals surface area contributed by atoms with Gasteiger partial charge in [0.2, 0.25) is 0 Å². The fourth-order valence-corrected chi connectivity index (χ4v) is 4.25. The molecule has 3 rings (SSSR count). The highest BCUT2D eigenvalue weighted by atomic mass is 16.5. The van der Waals surface area contributed by atoms with Crippen LogP contribution in [0.2, 0.25) is 0 Å². The minimum atomic E-state index is 0.198. The third-order valence-electron chi connectivity index (χ3n) is 5.71.